The number of carbonyl (C=O) groups excluding carboxylic acids is 1. The summed E-state index contributed by atoms with van der Waals surface area (Å²) in [7, 11) is 0. The molecule has 0 saturated carbocycles. The maximum absolute atomic E-state index is 11.9. The summed E-state index contributed by atoms with van der Waals surface area (Å²) < 4.78 is 7.31. The van der Waals surface area contributed by atoms with Crippen LogP contribution in [0.15, 0.2) is 12.4 Å². The lowest BCUT2D eigenvalue weighted by atomic mass is 10.1. The Morgan fingerprint density at radius 1 is 1.73 bits per heavy atom. The van der Waals surface area contributed by atoms with Crippen molar-refractivity contribution < 1.29 is 9.53 Å². The highest BCUT2D eigenvalue weighted by molar-refractivity contribution is 5.93. The van der Waals surface area contributed by atoms with Gasteiger partial charge in [0.25, 0.3) is 0 Å². The number of ketones is 1. The number of imidazole rings is 1. The number of hydrogen-bond acceptors (Lipinski definition) is 3. The average molecular weight is 208 g/mol. The number of aromatic nitrogens is 2. The molecule has 1 aromatic rings. The van der Waals surface area contributed by atoms with Crippen molar-refractivity contribution in [2.24, 2.45) is 0 Å². The number of nitrogens with zero attached hydrogens (tertiary/aromatic N) is 2. The highest BCUT2D eigenvalue weighted by Crippen LogP contribution is 2.17. The summed E-state index contributed by atoms with van der Waals surface area (Å²) >= 11 is 0. The number of rotatable bonds is 4. The lowest BCUT2D eigenvalue weighted by Gasteiger charge is -2.08. The van der Waals surface area contributed by atoms with Crippen molar-refractivity contribution in [1.82, 2.24) is 9.55 Å². The number of aryl methyl sites for hydroxylation is 1. The molecule has 2 rings (SSSR count). The van der Waals surface area contributed by atoms with Crippen LogP contribution < -0.4 is 0 Å². The third-order valence-corrected chi connectivity index (χ3v) is 2.74. The molecule has 4 nitrogen and oxygen atoms in total. The molecule has 82 valence electrons. The van der Waals surface area contributed by atoms with Gasteiger partial charge < -0.3 is 9.30 Å². The van der Waals surface area contributed by atoms with Crippen molar-refractivity contribution >= 4 is 5.78 Å². The molecule has 1 fully saturated rings. The van der Waals surface area contributed by atoms with Gasteiger partial charge >= 0.3 is 0 Å². The van der Waals surface area contributed by atoms with E-state index in [4.69, 9.17) is 4.74 Å². The Labute approximate surface area is 89.3 Å². The van der Waals surface area contributed by atoms with Gasteiger partial charge in [0, 0.05) is 32.0 Å². The quantitative estimate of drug-likeness (QED) is 0.707. The van der Waals surface area contributed by atoms with E-state index < -0.39 is 0 Å². The van der Waals surface area contributed by atoms with E-state index in [1.165, 1.54) is 0 Å². The van der Waals surface area contributed by atoms with Crippen LogP contribution in [-0.2, 0) is 11.3 Å². The largest absolute Gasteiger partial charge is 0.378 e. The molecule has 0 bridgehead atoms. The first-order valence-corrected chi connectivity index (χ1v) is 5.47. The molecule has 1 aromatic heterocycles. The van der Waals surface area contributed by atoms with E-state index >= 15 is 0 Å². The summed E-state index contributed by atoms with van der Waals surface area (Å²) in [6.07, 6.45) is 6.16. The molecule has 2 heterocycles. The van der Waals surface area contributed by atoms with E-state index in [2.05, 4.69) is 4.98 Å². The van der Waals surface area contributed by atoms with E-state index in [1.807, 2.05) is 17.7 Å². The van der Waals surface area contributed by atoms with Gasteiger partial charge in [-0.1, -0.05) is 0 Å². The summed E-state index contributed by atoms with van der Waals surface area (Å²) in [5.74, 6) is 0.654. The van der Waals surface area contributed by atoms with E-state index in [-0.39, 0.29) is 11.9 Å². The fourth-order valence-corrected chi connectivity index (χ4v) is 1.92. The Kier molecular flexibility index (Phi) is 3.16. The van der Waals surface area contributed by atoms with Crippen LogP contribution >= 0.6 is 0 Å². The Bertz CT molecular complexity index is 340. The summed E-state index contributed by atoms with van der Waals surface area (Å²) in [6, 6.07) is 0. The van der Waals surface area contributed by atoms with Crippen molar-refractivity contribution in [3.8, 4) is 0 Å². The Hall–Kier alpha value is -1.16. The minimum absolute atomic E-state index is 0.0914. The standard InChI is InChI=1S/C11H16N2O2/c1-2-13-6-5-12-11(13)10(14)8-9-4-3-7-15-9/h5-6,9H,2-4,7-8H2,1H3. The van der Waals surface area contributed by atoms with Gasteiger partial charge in [0.15, 0.2) is 5.82 Å². The first-order valence-electron chi connectivity index (χ1n) is 5.47. The Morgan fingerprint density at radius 3 is 3.27 bits per heavy atom. The van der Waals surface area contributed by atoms with Crippen molar-refractivity contribution in [1.29, 1.82) is 0 Å². The van der Waals surface area contributed by atoms with Crippen LogP contribution in [0.2, 0.25) is 0 Å². The van der Waals surface area contributed by atoms with E-state index in [9.17, 15) is 4.79 Å². The second-order valence-corrected chi connectivity index (χ2v) is 3.80. The van der Waals surface area contributed by atoms with E-state index in [0.29, 0.717) is 12.2 Å². The van der Waals surface area contributed by atoms with Gasteiger partial charge in [0.05, 0.1) is 6.10 Å². The zero-order valence-electron chi connectivity index (χ0n) is 8.98. The van der Waals surface area contributed by atoms with Crippen molar-refractivity contribution in [3.05, 3.63) is 18.2 Å². The molecule has 1 aliphatic rings. The third kappa shape index (κ3) is 2.26. The van der Waals surface area contributed by atoms with Crippen LogP contribution in [0.4, 0.5) is 0 Å². The first-order chi connectivity index (χ1) is 7.31. The fourth-order valence-electron chi connectivity index (χ4n) is 1.92. The second kappa shape index (κ2) is 4.57. The van der Waals surface area contributed by atoms with Crippen molar-refractivity contribution in [3.63, 3.8) is 0 Å². The van der Waals surface area contributed by atoms with Crippen LogP contribution in [0.3, 0.4) is 0 Å². The van der Waals surface area contributed by atoms with Gasteiger partial charge in [0.2, 0.25) is 5.78 Å². The summed E-state index contributed by atoms with van der Waals surface area (Å²) in [4.78, 5) is 16.0. The zero-order chi connectivity index (χ0) is 10.7. The van der Waals surface area contributed by atoms with E-state index in [1.54, 1.807) is 6.20 Å². The predicted molar refractivity (Wildman–Crippen MR) is 55.8 cm³/mol. The van der Waals surface area contributed by atoms with Crippen LogP contribution in [0.1, 0.15) is 36.8 Å². The monoisotopic (exact) mass is 208 g/mol. The fraction of sp³-hybridized carbons (Fsp3) is 0.636. The molecule has 15 heavy (non-hydrogen) atoms. The van der Waals surface area contributed by atoms with Crippen LogP contribution in [0.25, 0.3) is 0 Å². The second-order valence-electron chi connectivity index (χ2n) is 3.80. The van der Waals surface area contributed by atoms with Crippen LogP contribution in [-0.4, -0.2) is 28.0 Å². The topological polar surface area (TPSA) is 44.1 Å². The first kappa shape index (κ1) is 10.4. The molecule has 1 atom stereocenters. The van der Waals surface area contributed by atoms with Gasteiger partial charge in [-0.3, -0.25) is 4.79 Å². The SMILES string of the molecule is CCn1ccnc1C(=O)CC1CCCO1. The third-order valence-electron chi connectivity index (χ3n) is 2.74. The van der Waals surface area contributed by atoms with Crippen molar-refractivity contribution in [2.75, 3.05) is 6.61 Å². The van der Waals surface area contributed by atoms with Gasteiger partial charge in [-0.15, -0.1) is 0 Å². The molecule has 1 unspecified atom stereocenters. The number of ether oxygens (including phenoxy) is 1. The number of hydrogen-bond donors (Lipinski definition) is 0. The molecule has 4 heteroatoms. The number of carbonyl (C=O) groups is 1. The maximum atomic E-state index is 11.9. The molecule has 0 spiro atoms. The van der Waals surface area contributed by atoms with E-state index in [0.717, 1.165) is 26.0 Å². The predicted octanol–water partition coefficient (Wildman–Crippen LogP) is 1.65. The molecular weight excluding hydrogens is 192 g/mol. The van der Waals surface area contributed by atoms with Crippen molar-refractivity contribution in [2.45, 2.75) is 38.8 Å². The summed E-state index contributed by atoms with van der Waals surface area (Å²) in [5.41, 5.74) is 0. The normalized spacial score (nSPS) is 20.7. The average Bonchev–Trinajstić information content (AvgIpc) is 2.86. The zero-order valence-corrected chi connectivity index (χ0v) is 8.98. The molecule has 1 saturated heterocycles. The highest BCUT2D eigenvalue weighted by Gasteiger charge is 2.22. The van der Waals surface area contributed by atoms with Gasteiger partial charge in [-0.25, -0.2) is 4.98 Å². The molecule has 0 amide bonds. The Balaban J connectivity index is 2.00. The molecular formula is C11H16N2O2. The molecule has 1 aliphatic heterocycles. The lowest BCUT2D eigenvalue weighted by Crippen LogP contribution is -2.16. The maximum Gasteiger partial charge on any atom is 0.200 e. The number of Topliss-reactive ketones (excluding diaryl/α,β-unsaturated/α-hetero) is 1. The molecule has 0 radical (unpaired) electrons. The van der Waals surface area contributed by atoms with Crippen LogP contribution in [0, 0.1) is 0 Å². The van der Waals surface area contributed by atoms with Gasteiger partial charge in [0.1, 0.15) is 0 Å². The molecule has 0 N–H and O–H groups in total. The summed E-state index contributed by atoms with van der Waals surface area (Å²) in [5, 5.41) is 0. The van der Waals surface area contributed by atoms with Gasteiger partial charge in [-0.2, -0.15) is 0 Å². The van der Waals surface area contributed by atoms with Crippen LogP contribution in [0.5, 0.6) is 0 Å². The lowest BCUT2D eigenvalue weighted by molar-refractivity contribution is 0.0764. The smallest absolute Gasteiger partial charge is 0.200 e. The summed E-state index contributed by atoms with van der Waals surface area (Å²) in [6.45, 7) is 3.58. The molecule has 0 aliphatic carbocycles. The minimum Gasteiger partial charge on any atom is -0.378 e. The van der Waals surface area contributed by atoms with Gasteiger partial charge in [-0.05, 0) is 19.8 Å². The molecule has 0 aromatic carbocycles. The highest BCUT2D eigenvalue weighted by atomic mass is 16.5. The minimum atomic E-state index is 0.0914. The Morgan fingerprint density at radius 2 is 2.60 bits per heavy atom.